The number of nitro benzene ring substituents is 1. The van der Waals surface area contributed by atoms with Gasteiger partial charge in [-0.1, -0.05) is 53.8 Å². The molecule has 3 aromatic carbocycles. The Labute approximate surface area is 180 Å². The third kappa shape index (κ3) is 4.12. The molecule has 8 nitrogen and oxygen atoms in total. The number of nitrogens with zero attached hydrogens (tertiary/aromatic N) is 2. The Morgan fingerprint density at radius 3 is 2.29 bits per heavy atom. The molecule has 154 valence electrons. The maximum Gasteiger partial charge on any atom is 0.274 e. The number of ether oxygens (including phenoxy) is 1. The van der Waals surface area contributed by atoms with Crippen molar-refractivity contribution in [2.45, 2.75) is 0 Å². The largest absolute Gasteiger partial charge is 0.494 e. The minimum Gasteiger partial charge on any atom is -0.494 e. The molecule has 0 fully saturated rings. The average molecular weight is 433 g/mol. The first kappa shape index (κ1) is 20.2. The van der Waals surface area contributed by atoms with Gasteiger partial charge in [-0.05, 0) is 12.1 Å². The summed E-state index contributed by atoms with van der Waals surface area (Å²) in [6.07, 6.45) is 0. The van der Waals surface area contributed by atoms with E-state index in [1.807, 2.05) is 6.07 Å². The number of aromatic nitrogens is 1. The van der Waals surface area contributed by atoms with Crippen molar-refractivity contribution in [1.29, 1.82) is 0 Å². The second kappa shape index (κ2) is 8.33. The molecule has 9 heteroatoms. The molecule has 0 aliphatic heterocycles. The van der Waals surface area contributed by atoms with Crippen LogP contribution in [0.4, 0.5) is 10.8 Å². The van der Waals surface area contributed by atoms with Gasteiger partial charge >= 0.3 is 0 Å². The highest BCUT2D eigenvalue weighted by Gasteiger charge is 2.18. The van der Waals surface area contributed by atoms with E-state index in [4.69, 9.17) is 4.74 Å². The summed E-state index contributed by atoms with van der Waals surface area (Å²) in [7, 11) is 1.40. The summed E-state index contributed by atoms with van der Waals surface area (Å²) in [5, 5.41) is 14.1. The van der Waals surface area contributed by atoms with Gasteiger partial charge in [-0.3, -0.25) is 25.0 Å². The van der Waals surface area contributed by atoms with Crippen molar-refractivity contribution in [3.63, 3.8) is 0 Å². The van der Waals surface area contributed by atoms with E-state index in [0.29, 0.717) is 26.9 Å². The summed E-state index contributed by atoms with van der Waals surface area (Å²) in [5.74, 6) is -0.289. The number of carbonyl (C=O) groups excluding carboxylic acids is 2. The van der Waals surface area contributed by atoms with Crippen molar-refractivity contribution >= 4 is 44.1 Å². The van der Waals surface area contributed by atoms with Gasteiger partial charge in [0.2, 0.25) is 0 Å². The number of benzene rings is 3. The van der Waals surface area contributed by atoms with Crippen LogP contribution in [0.15, 0.2) is 66.7 Å². The zero-order valence-electron chi connectivity index (χ0n) is 16.2. The predicted octanol–water partition coefficient (Wildman–Crippen LogP) is 4.70. The third-order valence-electron chi connectivity index (χ3n) is 4.54. The molecule has 0 spiro atoms. The second-order valence-electron chi connectivity index (χ2n) is 6.50. The summed E-state index contributed by atoms with van der Waals surface area (Å²) < 4.78 is 5.71. The number of rotatable bonds is 6. The zero-order chi connectivity index (χ0) is 22.0. The number of hydrogen-bond donors (Lipinski definition) is 1. The zero-order valence-corrected chi connectivity index (χ0v) is 17.0. The van der Waals surface area contributed by atoms with Crippen molar-refractivity contribution < 1.29 is 19.2 Å². The van der Waals surface area contributed by atoms with Crippen molar-refractivity contribution in [1.82, 2.24) is 4.98 Å². The number of methoxy groups -OCH3 is 1. The SMILES string of the molecule is COc1cc([N+](=O)[O-])cc2sc(NC(=O)c3ccc(C(=O)c4ccccc4)cc3)nc12. The molecule has 0 radical (unpaired) electrons. The van der Waals surface area contributed by atoms with Crippen LogP contribution in [0.1, 0.15) is 26.3 Å². The molecule has 4 aromatic rings. The Bertz CT molecular complexity index is 1300. The number of anilines is 1. The van der Waals surface area contributed by atoms with E-state index < -0.39 is 10.8 Å². The number of hydrogen-bond acceptors (Lipinski definition) is 7. The Morgan fingerprint density at radius 1 is 1.00 bits per heavy atom. The summed E-state index contributed by atoms with van der Waals surface area (Å²) in [5.41, 5.74) is 1.69. The lowest BCUT2D eigenvalue weighted by molar-refractivity contribution is -0.384. The Morgan fingerprint density at radius 2 is 1.65 bits per heavy atom. The van der Waals surface area contributed by atoms with Crippen LogP contribution in [-0.4, -0.2) is 28.7 Å². The fraction of sp³-hybridized carbons (Fsp3) is 0.0455. The molecule has 0 aliphatic carbocycles. The second-order valence-corrected chi connectivity index (χ2v) is 7.53. The van der Waals surface area contributed by atoms with Crippen LogP contribution in [0, 0.1) is 10.1 Å². The quantitative estimate of drug-likeness (QED) is 0.268. The lowest BCUT2D eigenvalue weighted by atomic mass is 10.0. The first-order valence-corrected chi connectivity index (χ1v) is 9.92. The van der Waals surface area contributed by atoms with Gasteiger partial charge in [-0.2, -0.15) is 0 Å². The normalized spacial score (nSPS) is 10.6. The molecule has 0 unspecified atom stereocenters. The molecule has 4 rings (SSSR count). The van der Waals surface area contributed by atoms with Crippen LogP contribution in [0.3, 0.4) is 0 Å². The van der Waals surface area contributed by atoms with Gasteiger partial charge in [-0.25, -0.2) is 4.98 Å². The Balaban J connectivity index is 1.55. The predicted molar refractivity (Wildman–Crippen MR) is 117 cm³/mol. The molecule has 0 atom stereocenters. The summed E-state index contributed by atoms with van der Waals surface area (Å²) in [6.45, 7) is 0. The molecular weight excluding hydrogens is 418 g/mol. The molecule has 1 amide bonds. The number of thiazole rings is 1. The standard InChI is InChI=1S/C22H15N3O5S/c1-30-17-11-16(25(28)29)12-18-19(17)23-22(31-18)24-21(27)15-9-7-14(8-10-15)20(26)13-5-3-2-4-6-13/h2-12H,1H3,(H,23,24,27). The molecule has 1 N–H and O–H groups in total. The Hall–Kier alpha value is -4.11. The summed E-state index contributed by atoms with van der Waals surface area (Å²) >= 11 is 1.11. The Kier molecular flexibility index (Phi) is 5.42. The van der Waals surface area contributed by atoms with Crippen molar-refractivity contribution in [2.75, 3.05) is 12.4 Å². The van der Waals surface area contributed by atoms with Crippen molar-refractivity contribution in [3.05, 3.63) is 93.5 Å². The fourth-order valence-electron chi connectivity index (χ4n) is 3.00. The fourth-order valence-corrected chi connectivity index (χ4v) is 3.91. The highest BCUT2D eigenvalue weighted by Crippen LogP contribution is 2.36. The number of amides is 1. The van der Waals surface area contributed by atoms with Crippen LogP contribution in [0.2, 0.25) is 0 Å². The average Bonchev–Trinajstić information content (AvgIpc) is 3.20. The van der Waals surface area contributed by atoms with Crippen LogP contribution >= 0.6 is 11.3 Å². The monoisotopic (exact) mass is 433 g/mol. The number of ketones is 1. The maximum atomic E-state index is 12.6. The van der Waals surface area contributed by atoms with Gasteiger partial charge in [0.25, 0.3) is 11.6 Å². The van der Waals surface area contributed by atoms with E-state index >= 15 is 0 Å². The van der Waals surface area contributed by atoms with E-state index in [9.17, 15) is 19.7 Å². The smallest absolute Gasteiger partial charge is 0.274 e. The lowest BCUT2D eigenvalue weighted by Gasteiger charge is -2.04. The summed E-state index contributed by atoms with van der Waals surface area (Å²) in [6, 6.07) is 17.8. The van der Waals surface area contributed by atoms with Gasteiger partial charge in [0, 0.05) is 22.8 Å². The number of nitro groups is 1. The van der Waals surface area contributed by atoms with Crippen LogP contribution < -0.4 is 10.1 Å². The number of nitrogens with one attached hydrogen (secondary N) is 1. The van der Waals surface area contributed by atoms with Crippen molar-refractivity contribution in [3.8, 4) is 5.75 Å². The number of carbonyl (C=O) groups is 2. The van der Waals surface area contributed by atoms with Crippen molar-refractivity contribution in [2.24, 2.45) is 0 Å². The van der Waals surface area contributed by atoms with E-state index in [0.717, 1.165) is 11.3 Å². The molecule has 31 heavy (non-hydrogen) atoms. The van der Waals surface area contributed by atoms with E-state index in [1.54, 1.807) is 48.5 Å². The molecule has 1 aromatic heterocycles. The van der Waals surface area contributed by atoms with Gasteiger partial charge < -0.3 is 4.74 Å². The molecule has 0 bridgehead atoms. The molecule has 0 saturated heterocycles. The van der Waals surface area contributed by atoms with E-state index in [-0.39, 0.29) is 22.4 Å². The number of fused-ring (bicyclic) bond motifs is 1. The molecule has 0 saturated carbocycles. The van der Waals surface area contributed by atoms with Crippen LogP contribution in [0.5, 0.6) is 5.75 Å². The van der Waals surface area contributed by atoms with Gasteiger partial charge in [0.1, 0.15) is 5.52 Å². The highest BCUT2D eigenvalue weighted by atomic mass is 32.1. The third-order valence-corrected chi connectivity index (χ3v) is 5.46. The van der Waals surface area contributed by atoms with Crippen LogP contribution in [0.25, 0.3) is 10.2 Å². The van der Waals surface area contributed by atoms with Crippen LogP contribution in [-0.2, 0) is 0 Å². The highest BCUT2D eigenvalue weighted by molar-refractivity contribution is 7.22. The van der Waals surface area contributed by atoms with Gasteiger partial charge in [-0.15, -0.1) is 0 Å². The topological polar surface area (TPSA) is 111 Å². The van der Waals surface area contributed by atoms with E-state index in [2.05, 4.69) is 10.3 Å². The molecule has 0 aliphatic rings. The van der Waals surface area contributed by atoms with Gasteiger partial charge in [0.15, 0.2) is 16.7 Å². The maximum absolute atomic E-state index is 12.6. The van der Waals surface area contributed by atoms with E-state index in [1.165, 1.54) is 19.2 Å². The van der Waals surface area contributed by atoms with Gasteiger partial charge in [0.05, 0.1) is 22.8 Å². The minimum absolute atomic E-state index is 0.121. The summed E-state index contributed by atoms with van der Waals surface area (Å²) in [4.78, 5) is 40.0. The molecular formula is C22H15N3O5S. The first-order valence-electron chi connectivity index (χ1n) is 9.10. The number of non-ortho nitro benzene ring substituents is 1. The lowest BCUT2D eigenvalue weighted by Crippen LogP contribution is -2.12. The molecule has 1 heterocycles. The minimum atomic E-state index is -0.516. The first-order chi connectivity index (χ1) is 15.0.